The number of nitrogens with zero attached hydrogens (tertiary/aromatic N) is 3. The summed E-state index contributed by atoms with van der Waals surface area (Å²) in [5, 5.41) is 4.65. The molecule has 3 rings (SSSR count). The second kappa shape index (κ2) is 8.19. The maximum Gasteiger partial charge on any atom is 0.289 e. The lowest BCUT2D eigenvalue weighted by atomic mass is 10.2. The third-order valence-electron chi connectivity index (χ3n) is 4.25. The van der Waals surface area contributed by atoms with Crippen molar-refractivity contribution in [3.63, 3.8) is 0 Å². The molecule has 0 unspecified atom stereocenters. The summed E-state index contributed by atoms with van der Waals surface area (Å²) in [6.07, 6.45) is 2.81. The van der Waals surface area contributed by atoms with Crippen LogP contribution in [0.4, 0.5) is 0 Å². The van der Waals surface area contributed by atoms with Gasteiger partial charge in [-0.05, 0) is 49.7 Å². The Morgan fingerprint density at radius 1 is 1.27 bits per heavy atom. The van der Waals surface area contributed by atoms with E-state index in [1.807, 2.05) is 26.0 Å². The summed E-state index contributed by atoms with van der Waals surface area (Å²) < 4.78 is 10.6. The molecule has 2 heterocycles. The van der Waals surface area contributed by atoms with E-state index in [-0.39, 0.29) is 11.9 Å². The fourth-order valence-corrected chi connectivity index (χ4v) is 2.70. The molecule has 1 atom stereocenters. The smallest absolute Gasteiger partial charge is 0.289 e. The summed E-state index contributed by atoms with van der Waals surface area (Å²) >= 11 is 5.89. The van der Waals surface area contributed by atoms with Gasteiger partial charge in [0.25, 0.3) is 5.91 Å². The van der Waals surface area contributed by atoms with Crippen molar-refractivity contribution in [1.82, 2.24) is 15.0 Å². The second-order valence-corrected chi connectivity index (χ2v) is 6.44. The summed E-state index contributed by atoms with van der Waals surface area (Å²) in [5.41, 5.74) is 0.829. The minimum atomic E-state index is -0.137. The largest absolute Gasteiger partial charge is 0.459 e. The third-order valence-corrected chi connectivity index (χ3v) is 4.50. The van der Waals surface area contributed by atoms with E-state index >= 15 is 0 Å². The second-order valence-electron chi connectivity index (χ2n) is 6.00. The third kappa shape index (κ3) is 4.14. The van der Waals surface area contributed by atoms with Crippen LogP contribution in [-0.4, -0.2) is 33.5 Å². The van der Waals surface area contributed by atoms with Crippen molar-refractivity contribution in [3.05, 3.63) is 59.3 Å². The highest BCUT2D eigenvalue weighted by atomic mass is 35.5. The topological polar surface area (TPSA) is 72.4 Å². The van der Waals surface area contributed by atoms with Crippen molar-refractivity contribution in [2.75, 3.05) is 6.54 Å². The van der Waals surface area contributed by atoms with Crippen molar-refractivity contribution in [1.29, 1.82) is 0 Å². The van der Waals surface area contributed by atoms with Crippen molar-refractivity contribution in [2.45, 2.75) is 32.7 Å². The lowest BCUT2D eigenvalue weighted by molar-refractivity contribution is 0.0654. The highest BCUT2D eigenvalue weighted by Crippen LogP contribution is 2.19. The van der Waals surface area contributed by atoms with Crippen LogP contribution < -0.4 is 0 Å². The first kappa shape index (κ1) is 18.2. The Kier molecular flexibility index (Phi) is 5.73. The van der Waals surface area contributed by atoms with Crippen LogP contribution in [0.1, 0.15) is 36.7 Å². The molecule has 0 aliphatic rings. The van der Waals surface area contributed by atoms with Crippen LogP contribution >= 0.6 is 11.6 Å². The number of halogens is 1. The summed E-state index contributed by atoms with van der Waals surface area (Å²) in [4.78, 5) is 18.8. The minimum absolute atomic E-state index is 0.0752. The average Bonchev–Trinajstić information content (AvgIpc) is 3.34. The van der Waals surface area contributed by atoms with Gasteiger partial charge in [-0.3, -0.25) is 4.79 Å². The van der Waals surface area contributed by atoms with Crippen LogP contribution in [0, 0.1) is 0 Å². The van der Waals surface area contributed by atoms with E-state index in [0.29, 0.717) is 35.5 Å². The monoisotopic (exact) mass is 373 g/mol. The highest BCUT2D eigenvalue weighted by Gasteiger charge is 2.23. The Morgan fingerprint density at radius 2 is 2.04 bits per heavy atom. The Morgan fingerprint density at radius 3 is 2.69 bits per heavy atom. The number of carbonyl (C=O) groups is 1. The van der Waals surface area contributed by atoms with Gasteiger partial charge < -0.3 is 13.8 Å². The number of benzene rings is 1. The van der Waals surface area contributed by atoms with Crippen molar-refractivity contribution >= 4 is 17.5 Å². The zero-order chi connectivity index (χ0) is 18.5. The molecule has 0 radical (unpaired) electrons. The number of furan rings is 1. The van der Waals surface area contributed by atoms with Crippen LogP contribution in [0.25, 0.3) is 11.4 Å². The molecule has 0 spiro atoms. The van der Waals surface area contributed by atoms with Gasteiger partial charge in [-0.1, -0.05) is 23.7 Å². The molecular formula is C19H20ClN3O3. The van der Waals surface area contributed by atoms with E-state index in [1.54, 1.807) is 29.2 Å². The van der Waals surface area contributed by atoms with E-state index in [1.165, 1.54) is 6.26 Å². The van der Waals surface area contributed by atoms with Crippen LogP contribution in [-0.2, 0) is 6.42 Å². The standard InChI is InChI=1S/C19H20ClN3O3/c1-3-13(2)23(19(24)16-5-4-12-25-16)11-10-17-21-18(22-26-17)14-6-8-15(20)9-7-14/h4-9,12-13H,3,10-11H2,1-2H3/t13-/m0/s1. The molecule has 0 aliphatic carbocycles. The van der Waals surface area contributed by atoms with Gasteiger partial charge in [0.15, 0.2) is 5.76 Å². The molecule has 0 aliphatic heterocycles. The highest BCUT2D eigenvalue weighted by molar-refractivity contribution is 6.30. The number of carbonyl (C=O) groups excluding carboxylic acids is 1. The zero-order valence-electron chi connectivity index (χ0n) is 14.7. The summed E-state index contributed by atoms with van der Waals surface area (Å²) in [7, 11) is 0. The van der Waals surface area contributed by atoms with Gasteiger partial charge in [-0.15, -0.1) is 0 Å². The van der Waals surface area contributed by atoms with E-state index in [2.05, 4.69) is 10.1 Å². The van der Waals surface area contributed by atoms with E-state index in [0.717, 1.165) is 12.0 Å². The summed E-state index contributed by atoms with van der Waals surface area (Å²) in [6, 6.07) is 10.7. The molecule has 0 bridgehead atoms. The van der Waals surface area contributed by atoms with Crippen molar-refractivity contribution in [3.8, 4) is 11.4 Å². The van der Waals surface area contributed by atoms with Gasteiger partial charge in [0, 0.05) is 29.6 Å². The molecule has 0 saturated heterocycles. The molecule has 6 nitrogen and oxygen atoms in total. The molecule has 0 fully saturated rings. The minimum Gasteiger partial charge on any atom is -0.459 e. The van der Waals surface area contributed by atoms with Crippen molar-refractivity contribution < 1.29 is 13.7 Å². The number of amides is 1. The molecule has 0 N–H and O–H groups in total. The van der Waals surface area contributed by atoms with E-state index < -0.39 is 0 Å². The number of aromatic nitrogens is 2. The summed E-state index contributed by atoms with van der Waals surface area (Å²) in [6.45, 7) is 4.52. The molecule has 0 saturated carbocycles. The lowest BCUT2D eigenvalue weighted by Gasteiger charge is -2.27. The average molecular weight is 374 g/mol. The zero-order valence-corrected chi connectivity index (χ0v) is 15.4. The number of rotatable bonds is 7. The van der Waals surface area contributed by atoms with Crippen LogP contribution in [0.2, 0.25) is 5.02 Å². The van der Waals surface area contributed by atoms with Gasteiger partial charge in [0.1, 0.15) is 0 Å². The SMILES string of the molecule is CC[C@H](C)N(CCc1nc(-c2ccc(Cl)cc2)no1)C(=O)c1ccco1. The molecule has 2 aromatic heterocycles. The van der Waals surface area contributed by atoms with Crippen LogP contribution in [0.15, 0.2) is 51.6 Å². The van der Waals surface area contributed by atoms with Gasteiger partial charge in [0.05, 0.1) is 6.26 Å². The molecule has 1 aromatic carbocycles. The number of hydrogen-bond donors (Lipinski definition) is 0. The molecule has 7 heteroatoms. The first-order chi connectivity index (χ1) is 12.6. The number of hydrogen-bond acceptors (Lipinski definition) is 5. The van der Waals surface area contributed by atoms with Gasteiger partial charge in [0.2, 0.25) is 11.7 Å². The predicted molar refractivity (Wildman–Crippen MR) is 97.9 cm³/mol. The fraction of sp³-hybridized carbons (Fsp3) is 0.316. The quantitative estimate of drug-likeness (QED) is 0.611. The first-order valence-corrected chi connectivity index (χ1v) is 8.89. The predicted octanol–water partition coefficient (Wildman–Crippen LogP) is 4.47. The Bertz CT molecular complexity index is 843. The maximum absolute atomic E-state index is 12.6. The summed E-state index contributed by atoms with van der Waals surface area (Å²) in [5.74, 6) is 1.18. The van der Waals surface area contributed by atoms with E-state index in [9.17, 15) is 4.79 Å². The lowest BCUT2D eigenvalue weighted by Crippen LogP contribution is -2.39. The van der Waals surface area contributed by atoms with E-state index in [4.69, 9.17) is 20.5 Å². The normalized spacial score (nSPS) is 12.1. The fourth-order valence-electron chi connectivity index (χ4n) is 2.57. The molecular weight excluding hydrogens is 354 g/mol. The molecule has 136 valence electrons. The van der Waals surface area contributed by atoms with Gasteiger partial charge >= 0.3 is 0 Å². The molecule has 1 amide bonds. The Labute approximate surface area is 156 Å². The Hall–Kier alpha value is -2.60. The van der Waals surface area contributed by atoms with Gasteiger partial charge in [-0.2, -0.15) is 4.98 Å². The van der Waals surface area contributed by atoms with Crippen LogP contribution in [0.3, 0.4) is 0 Å². The molecule has 3 aromatic rings. The maximum atomic E-state index is 12.6. The van der Waals surface area contributed by atoms with Gasteiger partial charge in [-0.25, -0.2) is 0 Å². The molecule has 26 heavy (non-hydrogen) atoms. The van der Waals surface area contributed by atoms with Crippen LogP contribution in [0.5, 0.6) is 0 Å². The van der Waals surface area contributed by atoms with Crippen molar-refractivity contribution in [2.24, 2.45) is 0 Å². The Balaban J connectivity index is 1.69. The first-order valence-electron chi connectivity index (χ1n) is 8.51.